The van der Waals surface area contributed by atoms with Crippen LogP contribution in [0.15, 0.2) is 24.3 Å². The van der Waals surface area contributed by atoms with Gasteiger partial charge in [0.25, 0.3) is 0 Å². The molecule has 0 aliphatic carbocycles. The molecule has 1 atom stereocenters. The van der Waals surface area contributed by atoms with Gasteiger partial charge in [0.1, 0.15) is 6.29 Å². The number of aliphatic hydroxyl groups is 1. The van der Waals surface area contributed by atoms with Crippen molar-refractivity contribution < 1.29 is 9.90 Å². The van der Waals surface area contributed by atoms with E-state index in [1.54, 1.807) is 0 Å². The lowest BCUT2D eigenvalue weighted by atomic mass is 10.0. The standard InChI is InChI=1S/C11H13NO2/c13-6-5-12-7-9(8-14)10-3-1-2-4-11(10)12/h1-4,8-9,13H,5-7H2. The maximum Gasteiger partial charge on any atom is 0.129 e. The fourth-order valence-corrected chi connectivity index (χ4v) is 1.97. The van der Waals surface area contributed by atoms with Crippen LogP contribution in [0.3, 0.4) is 0 Å². The molecule has 1 aromatic rings. The Labute approximate surface area is 83.0 Å². The summed E-state index contributed by atoms with van der Waals surface area (Å²) in [4.78, 5) is 12.9. The number of hydrogen-bond acceptors (Lipinski definition) is 3. The van der Waals surface area contributed by atoms with Crippen molar-refractivity contribution in [3.63, 3.8) is 0 Å². The second-order valence-corrected chi connectivity index (χ2v) is 3.47. The van der Waals surface area contributed by atoms with Crippen LogP contribution in [0.4, 0.5) is 5.69 Å². The minimum Gasteiger partial charge on any atom is -0.395 e. The summed E-state index contributed by atoms with van der Waals surface area (Å²) in [5.41, 5.74) is 2.16. The minimum absolute atomic E-state index is 0.0299. The Hall–Kier alpha value is -1.35. The van der Waals surface area contributed by atoms with Gasteiger partial charge in [0, 0.05) is 18.8 Å². The highest BCUT2D eigenvalue weighted by atomic mass is 16.3. The molecule has 0 radical (unpaired) electrons. The van der Waals surface area contributed by atoms with E-state index in [9.17, 15) is 4.79 Å². The zero-order valence-corrected chi connectivity index (χ0v) is 7.89. The maximum absolute atomic E-state index is 10.8. The first-order valence-electron chi connectivity index (χ1n) is 4.77. The Bertz CT molecular complexity index is 338. The summed E-state index contributed by atoms with van der Waals surface area (Å²) in [7, 11) is 0. The largest absolute Gasteiger partial charge is 0.395 e. The van der Waals surface area contributed by atoms with Crippen LogP contribution >= 0.6 is 0 Å². The highest BCUT2D eigenvalue weighted by Gasteiger charge is 2.26. The first-order valence-corrected chi connectivity index (χ1v) is 4.77. The van der Waals surface area contributed by atoms with E-state index < -0.39 is 0 Å². The third kappa shape index (κ3) is 1.40. The predicted octanol–water partition coefficient (Wildman–Crippen LogP) is 0.781. The predicted molar refractivity (Wildman–Crippen MR) is 54.5 cm³/mol. The third-order valence-corrected chi connectivity index (χ3v) is 2.63. The number of fused-ring (bicyclic) bond motifs is 1. The van der Waals surface area contributed by atoms with Crippen molar-refractivity contribution in [1.82, 2.24) is 0 Å². The monoisotopic (exact) mass is 191 g/mol. The number of benzene rings is 1. The van der Waals surface area contributed by atoms with Crippen molar-refractivity contribution in [3.05, 3.63) is 29.8 Å². The van der Waals surface area contributed by atoms with Crippen LogP contribution in [0.1, 0.15) is 11.5 Å². The minimum atomic E-state index is -0.0299. The first kappa shape index (κ1) is 9.21. The van der Waals surface area contributed by atoms with Crippen LogP contribution in [-0.4, -0.2) is 31.1 Å². The molecule has 1 unspecified atom stereocenters. The average molecular weight is 191 g/mol. The van der Waals surface area contributed by atoms with Crippen molar-refractivity contribution in [3.8, 4) is 0 Å². The van der Waals surface area contributed by atoms with Crippen LogP contribution < -0.4 is 4.90 Å². The van der Waals surface area contributed by atoms with Gasteiger partial charge in [-0.2, -0.15) is 0 Å². The molecule has 0 bridgehead atoms. The summed E-state index contributed by atoms with van der Waals surface area (Å²) in [6.07, 6.45) is 0.982. The Morgan fingerprint density at radius 3 is 3.00 bits per heavy atom. The topological polar surface area (TPSA) is 40.5 Å². The molecule has 1 heterocycles. The normalized spacial score (nSPS) is 19.5. The molecule has 14 heavy (non-hydrogen) atoms. The number of carbonyl (C=O) groups excluding carboxylic acids is 1. The molecular weight excluding hydrogens is 178 g/mol. The summed E-state index contributed by atoms with van der Waals surface area (Å²) in [6.45, 7) is 1.42. The molecule has 0 spiro atoms. The highest BCUT2D eigenvalue weighted by molar-refractivity contribution is 5.74. The Kier molecular flexibility index (Phi) is 2.50. The molecule has 2 rings (SSSR count). The summed E-state index contributed by atoms with van der Waals surface area (Å²) in [6, 6.07) is 7.87. The zero-order valence-electron chi connectivity index (χ0n) is 7.89. The highest BCUT2D eigenvalue weighted by Crippen LogP contribution is 2.34. The van der Waals surface area contributed by atoms with Gasteiger partial charge in [-0.3, -0.25) is 0 Å². The van der Waals surface area contributed by atoms with Gasteiger partial charge in [-0.05, 0) is 11.6 Å². The van der Waals surface area contributed by atoms with E-state index in [0.717, 1.165) is 17.5 Å². The molecule has 3 heteroatoms. The van der Waals surface area contributed by atoms with Crippen LogP contribution in [-0.2, 0) is 4.79 Å². The molecule has 0 fully saturated rings. The number of nitrogens with zero attached hydrogens (tertiary/aromatic N) is 1. The Balaban J connectivity index is 2.33. The van der Waals surface area contributed by atoms with Gasteiger partial charge in [-0.15, -0.1) is 0 Å². The van der Waals surface area contributed by atoms with Gasteiger partial charge in [0.05, 0.1) is 12.5 Å². The number of aliphatic hydroxyl groups excluding tert-OH is 1. The van der Waals surface area contributed by atoms with E-state index in [1.807, 2.05) is 24.3 Å². The van der Waals surface area contributed by atoms with Crippen LogP contribution in [0.2, 0.25) is 0 Å². The van der Waals surface area contributed by atoms with Gasteiger partial charge in [-0.1, -0.05) is 18.2 Å². The lowest BCUT2D eigenvalue weighted by Crippen LogP contribution is -2.25. The number of carbonyl (C=O) groups is 1. The molecule has 0 aromatic heterocycles. The van der Waals surface area contributed by atoms with Crippen LogP contribution in [0, 0.1) is 0 Å². The van der Waals surface area contributed by atoms with Crippen molar-refractivity contribution in [2.75, 3.05) is 24.6 Å². The van der Waals surface area contributed by atoms with Crippen molar-refractivity contribution in [2.45, 2.75) is 5.92 Å². The number of para-hydroxylation sites is 1. The summed E-state index contributed by atoms with van der Waals surface area (Å²) < 4.78 is 0. The van der Waals surface area contributed by atoms with E-state index in [0.29, 0.717) is 13.1 Å². The smallest absolute Gasteiger partial charge is 0.129 e. The fraction of sp³-hybridized carbons (Fsp3) is 0.364. The molecule has 0 amide bonds. The first-order chi connectivity index (χ1) is 6.86. The third-order valence-electron chi connectivity index (χ3n) is 2.63. The molecule has 74 valence electrons. The van der Waals surface area contributed by atoms with Crippen LogP contribution in [0.5, 0.6) is 0 Å². The van der Waals surface area contributed by atoms with E-state index in [-0.39, 0.29) is 12.5 Å². The summed E-state index contributed by atoms with van der Waals surface area (Å²) >= 11 is 0. The number of hydrogen-bond donors (Lipinski definition) is 1. The molecule has 1 N–H and O–H groups in total. The second kappa shape index (κ2) is 3.80. The van der Waals surface area contributed by atoms with Gasteiger partial charge in [-0.25, -0.2) is 0 Å². The summed E-state index contributed by atoms with van der Waals surface area (Å²) in [5, 5.41) is 8.88. The van der Waals surface area contributed by atoms with E-state index in [2.05, 4.69) is 4.90 Å². The lowest BCUT2D eigenvalue weighted by molar-refractivity contribution is -0.108. The van der Waals surface area contributed by atoms with Crippen molar-refractivity contribution in [2.24, 2.45) is 0 Å². The quantitative estimate of drug-likeness (QED) is 0.718. The molecule has 0 saturated carbocycles. The second-order valence-electron chi connectivity index (χ2n) is 3.47. The molecule has 3 nitrogen and oxygen atoms in total. The van der Waals surface area contributed by atoms with Crippen molar-refractivity contribution >= 4 is 12.0 Å². The van der Waals surface area contributed by atoms with Gasteiger partial charge in [0.15, 0.2) is 0 Å². The molecule has 0 saturated heterocycles. The average Bonchev–Trinajstić information content (AvgIpc) is 2.58. The van der Waals surface area contributed by atoms with Gasteiger partial charge >= 0.3 is 0 Å². The number of β-amino-alcohol motifs (C(OH)–C–C–N with tert-alkyl or cyclic N) is 1. The maximum atomic E-state index is 10.8. The zero-order chi connectivity index (χ0) is 9.97. The Morgan fingerprint density at radius 1 is 1.50 bits per heavy atom. The SMILES string of the molecule is O=CC1CN(CCO)c2ccccc21. The van der Waals surface area contributed by atoms with Crippen LogP contribution in [0.25, 0.3) is 0 Å². The number of rotatable bonds is 3. The fourth-order valence-electron chi connectivity index (χ4n) is 1.97. The van der Waals surface area contributed by atoms with E-state index >= 15 is 0 Å². The molecular formula is C11H13NO2. The van der Waals surface area contributed by atoms with Gasteiger partial charge < -0.3 is 14.8 Å². The lowest BCUT2D eigenvalue weighted by Gasteiger charge is -2.17. The van der Waals surface area contributed by atoms with Gasteiger partial charge in [0.2, 0.25) is 0 Å². The number of aldehydes is 1. The Morgan fingerprint density at radius 2 is 2.29 bits per heavy atom. The van der Waals surface area contributed by atoms with E-state index in [1.165, 1.54) is 0 Å². The molecule has 1 aliphatic rings. The molecule has 1 aromatic carbocycles. The molecule has 1 aliphatic heterocycles. The summed E-state index contributed by atoms with van der Waals surface area (Å²) in [5.74, 6) is -0.0299. The number of anilines is 1. The van der Waals surface area contributed by atoms with Crippen molar-refractivity contribution in [1.29, 1.82) is 0 Å². The van der Waals surface area contributed by atoms with E-state index in [4.69, 9.17) is 5.11 Å².